The number of methoxy groups -OCH3 is 1. The number of alkyl halides is 2. The van der Waals surface area contributed by atoms with Crippen LogP contribution in [0.15, 0.2) is 16.4 Å². The molecule has 0 bridgehead atoms. The third kappa shape index (κ3) is 5.67. The summed E-state index contributed by atoms with van der Waals surface area (Å²) in [4.78, 5) is 37.6. The molecule has 2 aliphatic rings. The van der Waals surface area contributed by atoms with Crippen molar-refractivity contribution in [1.29, 1.82) is 0 Å². The number of aliphatic carboxylic acids is 1. The monoisotopic (exact) mass is 520 g/mol. The van der Waals surface area contributed by atoms with Crippen molar-refractivity contribution in [2.24, 2.45) is 0 Å². The first-order valence-electron chi connectivity index (χ1n) is 8.91. The Kier molecular flexibility index (Phi) is 10.0. The van der Waals surface area contributed by atoms with E-state index in [-0.39, 0.29) is 78.1 Å². The number of carboxylic acids is 1. The second-order valence-electron chi connectivity index (χ2n) is 6.35. The van der Waals surface area contributed by atoms with E-state index in [1.807, 2.05) is 0 Å². The summed E-state index contributed by atoms with van der Waals surface area (Å²) < 4.78 is 36.7. The van der Waals surface area contributed by atoms with Crippen molar-refractivity contribution in [3.8, 4) is 0 Å². The SMILES string of the molecule is CO[C@@]1(NC(=O)CSC(F)F)C(=O)N2C(C(=O)O)=C(CSc3nnnn3CCO)CO[C@@H]21.[NaH]. The Hall–Kier alpha value is -1.34. The number of β-lactam (4-membered cyclic amide) rings is 1. The van der Waals surface area contributed by atoms with E-state index in [0.29, 0.717) is 5.16 Å². The van der Waals surface area contributed by atoms with E-state index in [0.717, 1.165) is 23.8 Å². The van der Waals surface area contributed by atoms with Crippen molar-refractivity contribution in [2.75, 3.05) is 31.8 Å². The third-order valence-corrected chi connectivity index (χ3v) is 6.21. The standard InChI is InChI=1S/C15H18F2N6O7S2.Na.H/c1-29-15(18-8(25)6-31-13(16)17)11(28)23-9(10(26)27)7(4-30-12(15)23)5-32-14-19-20-21-22(14)2-3-24;;/h12-13,24H,2-6H2,1H3,(H,18,25)(H,26,27);;/t12-,15+;;/m1../s1. The molecule has 2 amide bonds. The van der Waals surface area contributed by atoms with E-state index in [2.05, 4.69) is 20.8 Å². The number of aliphatic hydroxyl groups is 1. The number of tetrazole rings is 1. The minimum absolute atomic E-state index is 0. The molecule has 3 heterocycles. The number of carbonyl (C=O) groups is 3. The molecule has 0 saturated carbocycles. The molecule has 3 N–H and O–H groups in total. The van der Waals surface area contributed by atoms with Crippen LogP contribution in [0.3, 0.4) is 0 Å². The second-order valence-corrected chi connectivity index (χ2v) is 8.27. The fourth-order valence-electron chi connectivity index (χ4n) is 3.12. The van der Waals surface area contributed by atoms with Crippen LogP contribution in [-0.2, 0) is 30.4 Å². The maximum atomic E-state index is 12.8. The number of aliphatic hydroxyl groups excluding tert-OH is 1. The molecule has 3 rings (SSSR count). The number of thioether (sulfide) groups is 2. The summed E-state index contributed by atoms with van der Waals surface area (Å²) in [6.45, 7) is -0.268. The molecule has 13 nitrogen and oxygen atoms in total. The topological polar surface area (TPSA) is 169 Å². The van der Waals surface area contributed by atoms with Crippen LogP contribution in [0, 0.1) is 0 Å². The summed E-state index contributed by atoms with van der Waals surface area (Å²) in [5.41, 5.74) is -2.12. The summed E-state index contributed by atoms with van der Waals surface area (Å²) in [6.07, 6.45) is -1.29. The molecule has 0 unspecified atom stereocenters. The molecule has 1 fully saturated rings. The number of nitrogens with one attached hydrogen (secondary N) is 1. The number of ether oxygens (including phenoxy) is 2. The average molecular weight is 520 g/mol. The van der Waals surface area contributed by atoms with Gasteiger partial charge in [-0.05, 0) is 16.0 Å². The van der Waals surface area contributed by atoms with E-state index >= 15 is 0 Å². The molecule has 2 aliphatic heterocycles. The Bertz CT molecular complexity index is 938. The zero-order valence-corrected chi connectivity index (χ0v) is 18.1. The van der Waals surface area contributed by atoms with Gasteiger partial charge >= 0.3 is 35.5 Å². The summed E-state index contributed by atoms with van der Waals surface area (Å²) in [5, 5.41) is 32.3. The number of rotatable bonds is 11. The van der Waals surface area contributed by atoms with Crippen molar-refractivity contribution >= 4 is 70.9 Å². The zero-order valence-electron chi connectivity index (χ0n) is 16.4. The van der Waals surface area contributed by atoms with Gasteiger partial charge in [0.05, 0.1) is 25.5 Å². The van der Waals surface area contributed by atoms with Gasteiger partial charge in [-0.2, -0.15) is 8.78 Å². The molecule has 1 saturated heterocycles. The fourth-order valence-corrected chi connectivity index (χ4v) is 4.37. The van der Waals surface area contributed by atoms with Crippen LogP contribution in [0.4, 0.5) is 8.78 Å². The van der Waals surface area contributed by atoms with Gasteiger partial charge in [-0.1, -0.05) is 23.5 Å². The first-order valence-corrected chi connectivity index (χ1v) is 10.9. The van der Waals surface area contributed by atoms with Gasteiger partial charge in [0.25, 0.3) is 17.4 Å². The van der Waals surface area contributed by atoms with Gasteiger partial charge in [-0.15, -0.1) is 5.10 Å². The molecule has 178 valence electrons. The molecule has 1 aromatic rings. The molecule has 0 aliphatic carbocycles. The van der Waals surface area contributed by atoms with Crippen molar-refractivity contribution in [3.63, 3.8) is 0 Å². The number of aromatic nitrogens is 4. The van der Waals surface area contributed by atoms with Crippen LogP contribution >= 0.6 is 23.5 Å². The zero-order chi connectivity index (χ0) is 23.5. The van der Waals surface area contributed by atoms with Gasteiger partial charge in [-0.25, -0.2) is 9.48 Å². The van der Waals surface area contributed by atoms with Crippen LogP contribution in [0.25, 0.3) is 0 Å². The van der Waals surface area contributed by atoms with Gasteiger partial charge in [0, 0.05) is 12.9 Å². The summed E-state index contributed by atoms with van der Waals surface area (Å²) in [5.74, 6) is -6.56. The molecule has 0 spiro atoms. The number of hydrogen-bond donors (Lipinski definition) is 3. The van der Waals surface area contributed by atoms with Gasteiger partial charge < -0.3 is 25.0 Å². The number of halogens is 2. The van der Waals surface area contributed by atoms with E-state index in [4.69, 9.17) is 14.6 Å². The maximum absolute atomic E-state index is 12.8. The second kappa shape index (κ2) is 11.9. The number of nitrogens with zero attached hydrogens (tertiary/aromatic N) is 5. The molecule has 0 aromatic carbocycles. The van der Waals surface area contributed by atoms with Gasteiger partial charge in [0.1, 0.15) is 5.70 Å². The predicted octanol–water partition coefficient (Wildman–Crippen LogP) is -1.94. The van der Waals surface area contributed by atoms with Crippen LogP contribution in [0.5, 0.6) is 0 Å². The average Bonchev–Trinajstić information content (AvgIpc) is 3.20. The van der Waals surface area contributed by atoms with E-state index in [1.54, 1.807) is 0 Å². The van der Waals surface area contributed by atoms with Crippen LogP contribution in [0.2, 0.25) is 0 Å². The molecule has 33 heavy (non-hydrogen) atoms. The Balaban J connectivity index is 0.00000385. The van der Waals surface area contributed by atoms with E-state index in [1.165, 1.54) is 4.68 Å². The minimum atomic E-state index is -2.78. The van der Waals surface area contributed by atoms with Crippen molar-refractivity contribution in [3.05, 3.63) is 11.3 Å². The van der Waals surface area contributed by atoms with Crippen LogP contribution < -0.4 is 5.32 Å². The number of amides is 2. The van der Waals surface area contributed by atoms with Gasteiger partial charge in [0.2, 0.25) is 11.1 Å². The first kappa shape index (κ1) is 27.9. The van der Waals surface area contributed by atoms with Crippen molar-refractivity contribution < 1.29 is 42.9 Å². The van der Waals surface area contributed by atoms with Crippen LogP contribution in [-0.4, -0.2) is 132 Å². The number of hydrogen-bond acceptors (Lipinski definition) is 11. The summed E-state index contributed by atoms with van der Waals surface area (Å²) in [7, 11) is 1.11. The van der Waals surface area contributed by atoms with Crippen molar-refractivity contribution in [2.45, 2.75) is 29.4 Å². The third-order valence-electron chi connectivity index (χ3n) is 4.49. The summed E-state index contributed by atoms with van der Waals surface area (Å²) in [6, 6.07) is 0. The van der Waals surface area contributed by atoms with Gasteiger partial charge in [-0.3, -0.25) is 14.5 Å². The molecular formula is C15H19F2N6NaO7S2. The molecule has 18 heteroatoms. The Morgan fingerprint density at radius 2 is 2.18 bits per heavy atom. The van der Waals surface area contributed by atoms with Crippen molar-refractivity contribution in [1.82, 2.24) is 30.4 Å². The van der Waals surface area contributed by atoms with Crippen LogP contribution in [0.1, 0.15) is 0 Å². The Labute approximate surface area is 215 Å². The summed E-state index contributed by atoms with van der Waals surface area (Å²) >= 11 is 1.14. The number of fused-ring (bicyclic) bond motifs is 1. The normalized spacial score (nSPS) is 22.0. The van der Waals surface area contributed by atoms with E-state index < -0.39 is 41.2 Å². The number of carboxylic acid groups (broad SMARTS) is 1. The molecular weight excluding hydrogens is 501 g/mol. The number of carbonyl (C=O) groups excluding carboxylic acids is 2. The molecule has 2 atom stereocenters. The molecule has 0 radical (unpaired) electrons. The predicted molar refractivity (Wildman–Crippen MR) is 110 cm³/mol. The molecule has 1 aromatic heterocycles. The van der Waals surface area contributed by atoms with Gasteiger partial charge in [0.15, 0.2) is 6.23 Å². The first-order chi connectivity index (χ1) is 15.2. The quantitative estimate of drug-likeness (QED) is 0.128. The fraction of sp³-hybridized carbons (Fsp3) is 0.600. The Morgan fingerprint density at radius 1 is 1.45 bits per heavy atom. The van der Waals surface area contributed by atoms with E-state index in [9.17, 15) is 28.3 Å². The Morgan fingerprint density at radius 3 is 2.79 bits per heavy atom.